The van der Waals surface area contributed by atoms with Crippen LogP contribution in [0, 0.1) is 10.4 Å². The summed E-state index contributed by atoms with van der Waals surface area (Å²) in [7, 11) is 0. The molecule has 4 rings (SSSR count). The Balaban J connectivity index is 2.49. The molecule has 0 spiro atoms. The van der Waals surface area contributed by atoms with Gasteiger partial charge in [-0.05, 0) is 38.1 Å². The lowest BCUT2D eigenvalue weighted by atomic mass is 10.0. The summed E-state index contributed by atoms with van der Waals surface area (Å²) in [5.74, 6) is 0. The molecule has 0 N–H and O–H groups in total. The third kappa shape index (κ3) is 1.61. The zero-order valence-corrected chi connectivity index (χ0v) is 10.6. The lowest BCUT2D eigenvalue weighted by molar-refractivity contribution is 1.44. The zero-order valence-electron chi connectivity index (χ0n) is 10.6. The summed E-state index contributed by atoms with van der Waals surface area (Å²) in [4.78, 5) is 0. The molecule has 0 heterocycles. The van der Waals surface area contributed by atoms with E-state index in [9.17, 15) is 0 Å². The molecule has 3 aromatic carbocycles. The molecule has 0 atom stereocenters. The Morgan fingerprint density at radius 1 is 0.632 bits per heavy atom. The summed E-state index contributed by atoms with van der Waals surface area (Å²) in [6.45, 7) is 0. The molecule has 0 aliphatic heterocycles. The molecule has 90 valence electrons. The maximum absolute atomic E-state index is 2.32. The van der Waals surface area contributed by atoms with Crippen molar-refractivity contribution in [2.24, 2.45) is 0 Å². The Bertz CT molecular complexity index is 978. The number of benzene rings is 3. The van der Waals surface area contributed by atoms with Crippen molar-refractivity contribution in [2.45, 2.75) is 6.42 Å². The molecule has 0 saturated heterocycles. The number of rotatable bonds is 0. The van der Waals surface area contributed by atoms with E-state index in [1.54, 1.807) is 0 Å². The monoisotopic (exact) mass is 242 g/mol. The maximum atomic E-state index is 2.32. The van der Waals surface area contributed by atoms with Crippen molar-refractivity contribution < 1.29 is 0 Å². The first-order chi connectivity index (χ1) is 9.43. The van der Waals surface area contributed by atoms with Gasteiger partial charge in [-0.3, -0.25) is 0 Å². The van der Waals surface area contributed by atoms with Gasteiger partial charge < -0.3 is 0 Å². The van der Waals surface area contributed by atoms with E-state index in [0.29, 0.717) is 0 Å². The van der Waals surface area contributed by atoms with E-state index >= 15 is 0 Å². The van der Waals surface area contributed by atoms with Crippen molar-refractivity contribution in [2.75, 3.05) is 0 Å². The Morgan fingerprint density at radius 2 is 1.42 bits per heavy atom. The van der Waals surface area contributed by atoms with Gasteiger partial charge in [0.2, 0.25) is 0 Å². The predicted molar refractivity (Wildman–Crippen MR) is 80.9 cm³/mol. The first-order valence-electron chi connectivity index (χ1n) is 6.71. The van der Waals surface area contributed by atoms with Crippen LogP contribution in [0.5, 0.6) is 0 Å². The average Bonchev–Trinajstić information content (AvgIpc) is 2.66. The SMILES string of the molecule is C1=c2ccccc2=c2c(ccc3ccccc23)=CC1. The van der Waals surface area contributed by atoms with Crippen LogP contribution in [0.3, 0.4) is 0 Å². The summed E-state index contributed by atoms with van der Waals surface area (Å²) in [5.41, 5.74) is 0. The Morgan fingerprint density at radius 3 is 2.42 bits per heavy atom. The molecule has 0 radical (unpaired) electrons. The Labute approximate surface area is 111 Å². The second kappa shape index (κ2) is 4.10. The normalized spacial score (nSPS) is 12.8. The van der Waals surface area contributed by atoms with Gasteiger partial charge in [-0.2, -0.15) is 0 Å². The van der Waals surface area contributed by atoms with Crippen LogP contribution in [0.4, 0.5) is 0 Å². The van der Waals surface area contributed by atoms with Crippen molar-refractivity contribution >= 4 is 22.9 Å². The number of hydrogen-bond acceptors (Lipinski definition) is 0. The first-order valence-corrected chi connectivity index (χ1v) is 6.71. The van der Waals surface area contributed by atoms with E-state index in [1.165, 1.54) is 31.6 Å². The molecule has 3 aromatic rings. The topological polar surface area (TPSA) is 0 Å². The first kappa shape index (κ1) is 10.6. The largest absolute Gasteiger partial charge is 0.0728 e. The van der Waals surface area contributed by atoms with Crippen LogP contribution in [0.15, 0.2) is 60.7 Å². The summed E-state index contributed by atoms with van der Waals surface area (Å²) in [6, 6.07) is 21.8. The molecule has 19 heavy (non-hydrogen) atoms. The standard InChI is InChI=1S/C19H14/c1-3-10-17-14(6-1)8-5-9-16-13-12-15-7-2-4-11-18(15)19(16)17/h1-4,6-13H,5H2. The minimum absolute atomic E-state index is 1.00. The fraction of sp³-hybridized carbons (Fsp3) is 0.0526. The van der Waals surface area contributed by atoms with E-state index in [-0.39, 0.29) is 0 Å². The van der Waals surface area contributed by atoms with Gasteiger partial charge in [-0.1, -0.05) is 72.8 Å². The van der Waals surface area contributed by atoms with Gasteiger partial charge in [0.15, 0.2) is 0 Å². The Hall–Kier alpha value is -2.34. The highest BCUT2D eigenvalue weighted by Crippen LogP contribution is 2.13. The maximum Gasteiger partial charge on any atom is -0.00300 e. The number of fused-ring (bicyclic) bond motifs is 4. The lowest BCUT2D eigenvalue weighted by Crippen LogP contribution is -2.07. The van der Waals surface area contributed by atoms with Crippen LogP contribution in [-0.4, -0.2) is 0 Å². The van der Waals surface area contributed by atoms with Crippen LogP contribution < -0.4 is 10.4 Å². The van der Waals surface area contributed by atoms with Gasteiger partial charge in [-0.25, -0.2) is 0 Å². The van der Waals surface area contributed by atoms with E-state index < -0.39 is 0 Å². The molecular weight excluding hydrogens is 228 g/mol. The van der Waals surface area contributed by atoms with Gasteiger partial charge in [0.25, 0.3) is 0 Å². The van der Waals surface area contributed by atoms with Crippen molar-refractivity contribution in [3.63, 3.8) is 0 Å². The highest BCUT2D eigenvalue weighted by molar-refractivity contribution is 5.83. The molecule has 0 saturated carbocycles. The van der Waals surface area contributed by atoms with Crippen LogP contribution in [-0.2, 0) is 0 Å². The third-order valence-electron chi connectivity index (χ3n) is 3.87. The summed E-state index contributed by atoms with van der Waals surface area (Å²) >= 11 is 0. The van der Waals surface area contributed by atoms with E-state index in [4.69, 9.17) is 0 Å². The molecule has 0 heteroatoms. The zero-order chi connectivity index (χ0) is 12.7. The lowest BCUT2D eigenvalue weighted by Gasteiger charge is -2.00. The average molecular weight is 242 g/mol. The minimum Gasteiger partial charge on any atom is -0.0728 e. The molecule has 0 bridgehead atoms. The van der Waals surface area contributed by atoms with Crippen LogP contribution >= 0.6 is 0 Å². The highest BCUT2D eigenvalue weighted by atomic mass is 14.0. The molecule has 0 aromatic heterocycles. The third-order valence-corrected chi connectivity index (χ3v) is 3.87. The summed E-state index contributed by atoms with van der Waals surface area (Å²) in [6.07, 6.45) is 5.63. The number of hydrogen-bond donors (Lipinski definition) is 0. The minimum atomic E-state index is 1.00. The molecule has 0 unspecified atom stereocenters. The van der Waals surface area contributed by atoms with E-state index in [0.717, 1.165) is 6.42 Å². The second-order valence-electron chi connectivity index (χ2n) is 4.98. The molecule has 1 aliphatic rings. The summed E-state index contributed by atoms with van der Waals surface area (Å²) < 4.78 is 0. The smallest absolute Gasteiger partial charge is 0.00300 e. The Kier molecular flexibility index (Phi) is 2.28. The van der Waals surface area contributed by atoms with Gasteiger partial charge >= 0.3 is 0 Å². The quantitative estimate of drug-likeness (QED) is 0.568. The summed E-state index contributed by atoms with van der Waals surface area (Å²) in [5, 5.41) is 8.07. The van der Waals surface area contributed by atoms with Gasteiger partial charge in [0.05, 0.1) is 0 Å². The van der Waals surface area contributed by atoms with Crippen LogP contribution in [0.2, 0.25) is 0 Å². The van der Waals surface area contributed by atoms with Crippen molar-refractivity contribution in [3.8, 4) is 0 Å². The fourth-order valence-corrected chi connectivity index (χ4v) is 2.97. The molecule has 0 nitrogen and oxygen atoms in total. The van der Waals surface area contributed by atoms with Crippen LogP contribution in [0.1, 0.15) is 6.42 Å². The van der Waals surface area contributed by atoms with E-state index in [1.807, 2.05) is 0 Å². The van der Waals surface area contributed by atoms with Crippen LogP contribution in [0.25, 0.3) is 22.9 Å². The molecule has 1 aliphatic carbocycles. The molecular formula is C19H14. The molecule has 0 fully saturated rings. The molecule has 0 amide bonds. The van der Waals surface area contributed by atoms with Gasteiger partial charge in [0.1, 0.15) is 0 Å². The van der Waals surface area contributed by atoms with Gasteiger partial charge in [-0.15, -0.1) is 0 Å². The van der Waals surface area contributed by atoms with E-state index in [2.05, 4.69) is 72.8 Å². The fourth-order valence-electron chi connectivity index (χ4n) is 2.97. The second-order valence-corrected chi connectivity index (χ2v) is 4.98. The van der Waals surface area contributed by atoms with Crippen molar-refractivity contribution in [3.05, 3.63) is 81.5 Å². The highest BCUT2D eigenvalue weighted by Gasteiger charge is 1.99. The predicted octanol–water partition coefficient (Wildman–Crippen LogP) is 3.09. The van der Waals surface area contributed by atoms with Crippen molar-refractivity contribution in [1.29, 1.82) is 0 Å². The van der Waals surface area contributed by atoms with Gasteiger partial charge in [0, 0.05) is 0 Å². The van der Waals surface area contributed by atoms with Crippen molar-refractivity contribution in [1.82, 2.24) is 0 Å².